The Morgan fingerprint density at radius 2 is 2.08 bits per heavy atom. The van der Waals surface area contributed by atoms with E-state index in [9.17, 15) is 9.90 Å². The first kappa shape index (κ1) is 16.4. The molecule has 1 amide bonds. The normalized spacial score (nSPS) is 16.9. The lowest BCUT2D eigenvalue weighted by Gasteiger charge is -2.15. The van der Waals surface area contributed by atoms with E-state index in [4.69, 9.17) is 4.42 Å². The minimum Gasteiger partial charge on any atom is -0.508 e. The second-order valence-electron chi connectivity index (χ2n) is 6.75. The van der Waals surface area contributed by atoms with Gasteiger partial charge in [0, 0.05) is 25.5 Å². The zero-order chi connectivity index (χ0) is 17.9. The molecule has 0 bridgehead atoms. The van der Waals surface area contributed by atoms with E-state index in [0.29, 0.717) is 18.2 Å². The highest BCUT2D eigenvalue weighted by atomic mass is 16.4. The van der Waals surface area contributed by atoms with Crippen molar-refractivity contribution in [1.29, 1.82) is 0 Å². The average molecular weight is 351 g/mol. The van der Waals surface area contributed by atoms with Crippen molar-refractivity contribution in [3.8, 4) is 5.75 Å². The maximum atomic E-state index is 12.7. The number of phenolic OH excluding ortho intramolecular Hbond substituents is 1. The zero-order valence-corrected chi connectivity index (χ0v) is 14.4. The Hall–Kier alpha value is -3.02. The third-order valence-electron chi connectivity index (χ3n) is 4.78. The molecule has 1 aromatic carbocycles. The Labute approximate surface area is 151 Å². The van der Waals surface area contributed by atoms with Crippen LogP contribution in [0.2, 0.25) is 0 Å². The number of hydrogen-bond donors (Lipinski definition) is 1. The number of benzene rings is 1. The number of hydrogen-bond acceptors (Lipinski definition) is 4. The lowest BCUT2D eigenvalue weighted by Crippen LogP contribution is -2.28. The van der Waals surface area contributed by atoms with Crippen molar-refractivity contribution >= 4 is 5.91 Å². The van der Waals surface area contributed by atoms with Crippen LogP contribution in [0, 0.1) is 5.92 Å². The highest BCUT2D eigenvalue weighted by molar-refractivity contribution is 5.91. The van der Waals surface area contributed by atoms with Crippen LogP contribution in [0.5, 0.6) is 5.75 Å². The monoisotopic (exact) mass is 351 g/mol. The number of likely N-dealkylation sites (tertiary alicyclic amines) is 1. The summed E-state index contributed by atoms with van der Waals surface area (Å²) in [4.78, 5) is 14.5. The first-order valence-corrected chi connectivity index (χ1v) is 8.81. The van der Waals surface area contributed by atoms with Gasteiger partial charge in [0.25, 0.3) is 5.91 Å². The molecule has 0 saturated carbocycles. The topological polar surface area (TPSA) is 71.5 Å². The van der Waals surface area contributed by atoms with Gasteiger partial charge >= 0.3 is 0 Å². The fourth-order valence-corrected chi connectivity index (χ4v) is 3.44. The first-order valence-electron chi connectivity index (χ1n) is 8.81. The quantitative estimate of drug-likeness (QED) is 0.767. The number of carbonyl (C=O) groups excluding carboxylic acids is 1. The summed E-state index contributed by atoms with van der Waals surface area (Å²) in [5.74, 6) is 1.77. The Morgan fingerprint density at radius 1 is 1.23 bits per heavy atom. The van der Waals surface area contributed by atoms with E-state index in [1.54, 1.807) is 29.1 Å². The molecule has 6 nitrogen and oxygen atoms in total. The van der Waals surface area contributed by atoms with E-state index in [1.807, 2.05) is 35.4 Å². The molecule has 0 spiro atoms. The molecule has 0 aliphatic carbocycles. The van der Waals surface area contributed by atoms with E-state index in [-0.39, 0.29) is 11.7 Å². The number of nitrogens with zero attached hydrogens (tertiary/aromatic N) is 3. The standard InChI is InChI=1S/C20H21N3O3/c24-17-4-2-15(3-5-17)12-16-8-11-22(13-16)20(25)19-7-6-18(26-19)14-23-10-1-9-21-23/h1-7,9-10,16,24H,8,11-14H2. The van der Waals surface area contributed by atoms with Crippen LogP contribution >= 0.6 is 0 Å². The third-order valence-corrected chi connectivity index (χ3v) is 4.78. The summed E-state index contributed by atoms with van der Waals surface area (Å²) in [6.07, 6.45) is 5.46. The van der Waals surface area contributed by atoms with E-state index < -0.39 is 0 Å². The summed E-state index contributed by atoms with van der Waals surface area (Å²) < 4.78 is 7.48. The minimum atomic E-state index is -0.0510. The predicted molar refractivity (Wildman–Crippen MR) is 95.9 cm³/mol. The molecule has 1 fully saturated rings. The maximum absolute atomic E-state index is 12.7. The van der Waals surface area contributed by atoms with Crippen molar-refractivity contribution in [1.82, 2.24) is 14.7 Å². The van der Waals surface area contributed by atoms with Crippen molar-refractivity contribution < 1.29 is 14.3 Å². The fraction of sp³-hybridized carbons (Fsp3) is 0.300. The second-order valence-corrected chi connectivity index (χ2v) is 6.75. The molecular weight excluding hydrogens is 330 g/mol. The molecule has 1 saturated heterocycles. The van der Waals surface area contributed by atoms with Crippen LogP contribution in [-0.4, -0.2) is 38.8 Å². The van der Waals surface area contributed by atoms with Gasteiger partial charge in [0.1, 0.15) is 11.5 Å². The molecule has 6 heteroatoms. The Bertz CT molecular complexity index is 868. The largest absolute Gasteiger partial charge is 0.508 e. The van der Waals surface area contributed by atoms with E-state index in [0.717, 1.165) is 31.7 Å². The highest BCUT2D eigenvalue weighted by Gasteiger charge is 2.28. The SMILES string of the molecule is O=C(c1ccc(Cn2cccn2)o1)N1CCC(Cc2ccc(O)cc2)C1. The van der Waals surface area contributed by atoms with Crippen LogP contribution in [0.4, 0.5) is 0 Å². The number of rotatable bonds is 5. The molecule has 1 atom stereocenters. The molecule has 1 unspecified atom stereocenters. The molecule has 1 N–H and O–H groups in total. The summed E-state index contributed by atoms with van der Waals surface area (Å²) in [5.41, 5.74) is 1.18. The van der Waals surface area contributed by atoms with Crippen LogP contribution in [0.15, 0.2) is 59.3 Å². The summed E-state index contributed by atoms with van der Waals surface area (Å²) in [7, 11) is 0. The van der Waals surface area contributed by atoms with Crippen molar-refractivity contribution in [3.63, 3.8) is 0 Å². The average Bonchev–Trinajstić information content (AvgIpc) is 3.39. The third kappa shape index (κ3) is 3.64. The lowest BCUT2D eigenvalue weighted by atomic mass is 9.99. The molecule has 134 valence electrons. The van der Waals surface area contributed by atoms with Crippen molar-refractivity contribution in [2.75, 3.05) is 13.1 Å². The van der Waals surface area contributed by atoms with Gasteiger partial charge < -0.3 is 14.4 Å². The Balaban J connectivity index is 1.35. The number of amides is 1. The molecule has 4 rings (SSSR count). The molecule has 3 heterocycles. The maximum Gasteiger partial charge on any atom is 0.289 e. The molecule has 3 aromatic rings. The summed E-state index contributed by atoms with van der Waals surface area (Å²) >= 11 is 0. The van der Waals surface area contributed by atoms with Gasteiger partial charge in [0.15, 0.2) is 5.76 Å². The number of carbonyl (C=O) groups is 1. The first-order chi connectivity index (χ1) is 12.7. The Kier molecular flexibility index (Phi) is 4.48. The van der Waals surface area contributed by atoms with Crippen LogP contribution in [0.3, 0.4) is 0 Å². The van der Waals surface area contributed by atoms with Crippen molar-refractivity contribution in [3.05, 3.63) is 71.9 Å². The molecule has 0 radical (unpaired) electrons. The minimum absolute atomic E-state index is 0.0510. The van der Waals surface area contributed by atoms with E-state index in [1.165, 1.54) is 5.56 Å². The molecule has 26 heavy (non-hydrogen) atoms. The van der Waals surface area contributed by atoms with E-state index in [2.05, 4.69) is 5.10 Å². The summed E-state index contributed by atoms with van der Waals surface area (Å²) in [6, 6.07) is 12.7. The zero-order valence-electron chi connectivity index (χ0n) is 14.4. The second kappa shape index (κ2) is 7.07. The van der Waals surface area contributed by atoms with Gasteiger partial charge in [-0.05, 0) is 54.7 Å². The van der Waals surface area contributed by atoms with Gasteiger partial charge in [0.2, 0.25) is 0 Å². The molecular formula is C20H21N3O3. The van der Waals surface area contributed by atoms with Gasteiger partial charge in [0.05, 0.1) is 6.54 Å². The number of phenols is 1. The van der Waals surface area contributed by atoms with Gasteiger partial charge in [-0.2, -0.15) is 5.10 Å². The van der Waals surface area contributed by atoms with E-state index >= 15 is 0 Å². The Morgan fingerprint density at radius 3 is 2.85 bits per heavy atom. The van der Waals surface area contributed by atoms with Crippen LogP contribution in [0.1, 0.15) is 28.3 Å². The van der Waals surface area contributed by atoms with Gasteiger partial charge in [-0.1, -0.05) is 12.1 Å². The van der Waals surface area contributed by atoms with Crippen LogP contribution in [-0.2, 0) is 13.0 Å². The highest BCUT2D eigenvalue weighted by Crippen LogP contribution is 2.24. The lowest BCUT2D eigenvalue weighted by molar-refractivity contribution is 0.0753. The van der Waals surface area contributed by atoms with Crippen molar-refractivity contribution in [2.45, 2.75) is 19.4 Å². The number of furan rings is 1. The molecule has 1 aliphatic rings. The molecule has 2 aromatic heterocycles. The van der Waals surface area contributed by atoms with Crippen molar-refractivity contribution in [2.24, 2.45) is 5.92 Å². The molecule has 1 aliphatic heterocycles. The number of aromatic nitrogens is 2. The van der Waals surface area contributed by atoms with Crippen LogP contribution in [0.25, 0.3) is 0 Å². The van der Waals surface area contributed by atoms with Gasteiger partial charge in [-0.15, -0.1) is 0 Å². The number of aromatic hydroxyl groups is 1. The van der Waals surface area contributed by atoms with Gasteiger partial charge in [-0.3, -0.25) is 9.48 Å². The summed E-state index contributed by atoms with van der Waals surface area (Å²) in [6.45, 7) is 2.00. The van der Waals surface area contributed by atoms with Gasteiger partial charge in [-0.25, -0.2) is 0 Å². The van der Waals surface area contributed by atoms with Crippen LogP contribution < -0.4 is 0 Å². The predicted octanol–water partition coefficient (Wildman–Crippen LogP) is 2.93. The fourth-order valence-electron chi connectivity index (χ4n) is 3.44. The summed E-state index contributed by atoms with van der Waals surface area (Å²) in [5, 5.41) is 13.5. The smallest absolute Gasteiger partial charge is 0.289 e.